The summed E-state index contributed by atoms with van der Waals surface area (Å²) < 4.78 is 0. The van der Waals surface area contributed by atoms with E-state index >= 15 is 0 Å². The Kier molecular flexibility index (Phi) is 5.32. The first-order valence-corrected chi connectivity index (χ1v) is 5.36. The first-order valence-electron chi connectivity index (χ1n) is 5.36. The summed E-state index contributed by atoms with van der Waals surface area (Å²) in [5.41, 5.74) is 6.00. The molecule has 0 aliphatic heterocycles. The van der Waals surface area contributed by atoms with Gasteiger partial charge >= 0.3 is 0 Å². The molecular formula is C12H16N2O3. The van der Waals surface area contributed by atoms with Gasteiger partial charge in [0, 0.05) is 12.6 Å². The molecule has 0 fully saturated rings. The summed E-state index contributed by atoms with van der Waals surface area (Å²) >= 11 is 0. The minimum Gasteiger partial charge on any atom is -0.330 e. The number of hydrogen-bond acceptors (Lipinski definition) is 4. The molecule has 2 N–H and O–H groups in total. The van der Waals surface area contributed by atoms with Crippen LogP contribution in [0.1, 0.15) is 27.1 Å². The van der Waals surface area contributed by atoms with Gasteiger partial charge in [-0.3, -0.25) is 14.4 Å². The summed E-state index contributed by atoms with van der Waals surface area (Å²) in [7, 11) is 1.51. The quantitative estimate of drug-likeness (QED) is 0.451. The van der Waals surface area contributed by atoms with Gasteiger partial charge in [0.15, 0.2) is 6.29 Å². The number of nitrogens with zero attached hydrogens (tertiary/aromatic N) is 1. The van der Waals surface area contributed by atoms with Crippen molar-refractivity contribution >= 4 is 12.2 Å². The van der Waals surface area contributed by atoms with E-state index in [1.807, 2.05) is 0 Å². The number of aldehydes is 1. The Hall–Kier alpha value is -1.72. The molecule has 0 aromatic heterocycles. The molecule has 0 atom stereocenters. The van der Waals surface area contributed by atoms with Gasteiger partial charge in [-0.05, 0) is 19.0 Å². The lowest BCUT2D eigenvalue weighted by molar-refractivity contribution is -0.105. The van der Waals surface area contributed by atoms with E-state index < -0.39 is 0 Å². The first kappa shape index (κ1) is 13.3. The molecule has 92 valence electrons. The Morgan fingerprint density at radius 1 is 1.47 bits per heavy atom. The van der Waals surface area contributed by atoms with Crippen LogP contribution in [0.2, 0.25) is 0 Å². The van der Waals surface area contributed by atoms with Crippen LogP contribution in [-0.4, -0.2) is 37.5 Å². The van der Waals surface area contributed by atoms with E-state index in [-0.39, 0.29) is 5.91 Å². The van der Waals surface area contributed by atoms with Gasteiger partial charge in [0.25, 0.3) is 5.91 Å². The van der Waals surface area contributed by atoms with Crippen LogP contribution in [0, 0.1) is 0 Å². The van der Waals surface area contributed by atoms with E-state index in [1.165, 1.54) is 7.05 Å². The summed E-state index contributed by atoms with van der Waals surface area (Å²) in [6.45, 7) is 0.884. The van der Waals surface area contributed by atoms with E-state index in [4.69, 9.17) is 10.6 Å². The summed E-state index contributed by atoms with van der Waals surface area (Å²) in [4.78, 5) is 27.9. The maximum Gasteiger partial charge on any atom is 0.277 e. The average Bonchev–Trinajstić information content (AvgIpc) is 2.38. The highest BCUT2D eigenvalue weighted by Crippen LogP contribution is 2.09. The maximum atomic E-state index is 11.9. The zero-order chi connectivity index (χ0) is 12.7. The fraction of sp³-hybridized carbons (Fsp3) is 0.333. The molecule has 0 aliphatic rings. The second-order valence-corrected chi connectivity index (χ2v) is 3.48. The number of hydrogen-bond donors (Lipinski definition) is 1. The molecule has 0 heterocycles. The molecule has 5 nitrogen and oxygen atoms in total. The Morgan fingerprint density at radius 3 is 2.82 bits per heavy atom. The van der Waals surface area contributed by atoms with E-state index in [1.54, 1.807) is 24.3 Å². The largest absolute Gasteiger partial charge is 0.330 e. The van der Waals surface area contributed by atoms with Crippen molar-refractivity contribution in [2.45, 2.75) is 6.42 Å². The highest BCUT2D eigenvalue weighted by atomic mass is 16.7. The van der Waals surface area contributed by atoms with Gasteiger partial charge in [0.05, 0.1) is 12.2 Å². The lowest BCUT2D eigenvalue weighted by Crippen LogP contribution is -2.28. The highest BCUT2D eigenvalue weighted by Gasteiger charge is 2.15. The molecule has 0 saturated carbocycles. The molecule has 0 spiro atoms. The van der Waals surface area contributed by atoms with E-state index in [2.05, 4.69) is 0 Å². The van der Waals surface area contributed by atoms with Crippen LogP contribution in [0.4, 0.5) is 0 Å². The van der Waals surface area contributed by atoms with Crippen LogP contribution in [0.15, 0.2) is 24.3 Å². The molecule has 0 unspecified atom stereocenters. The van der Waals surface area contributed by atoms with Gasteiger partial charge in [-0.25, -0.2) is 5.06 Å². The summed E-state index contributed by atoms with van der Waals surface area (Å²) in [5, 5.41) is 1.12. The number of amides is 1. The van der Waals surface area contributed by atoms with Crippen molar-refractivity contribution in [3.63, 3.8) is 0 Å². The molecule has 0 aliphatic carbocycles. The van der Waals surface area contributed by atoms with Crippen molar-refractivity contribution in [3.8, 4) is 0 Å². The van der Waals surface area contributed by atoms with Gasteiger partial charge in [-0.2, -0.15) is 0 Å². The van der Waals surface area contributed by atoms with Crippen LogP contribution in [0.3, 0.4) is 0 Å². The number of rotatable bonds is 6. The summed E-state index contributed by atoms with van der Waals surface area (Å²) in [6.07, 6.45) is 1.33. The van der Waals surface area contributed by atoms with Crippen LogP contribution >= 0.6 is 0 Å². The normalized spacial score (nSPS) is 10.0. The van der Waals surface area contributed by atoms with Crippen LogP contribution in [0.5, 0.6) is 0 Å². The minimum absolute atomic E-state index is 0.331. The first-order chi connectivity index (χ1) is 8.20. The predicted octanol–water partition coefficient (Wildman–Crippen LogP) is 0.851. The third-order valence-electron chi connectivity index (χ3n) is 2.24. The van der Waals surface area contributed by atoms with Crippen molar-refractivity contribution in [1.82, 2.24) is 5.06 Å². The van der Waals surface area contributed by atoms with Crippen molar-refractivity contribution in [2.75, 3.05) is 20.2 Å². The third-order valence-corrected chi connectivity index (χ3v) is 2.24. The zero-order valence-electron chi connectivity index (χ0n) is 9.76. The number of hydroxylamine groups is 2. The second kappa shape index (κ2) is 6.78. The van der Waals surface area contributed by atoms with Gasteiger partial charge < -0.3 is 5.73 Å². The molecule has 1 aromatic carbocycles. The molecule has 0 radical (unpaired) electrons. The molecule has 17 heavy (non-hydrogen) atoms. The lowest BCUT2D eigenvalue weighted by atomic mass is 10.1. The molecule has 5 heteroatoms. The highest BCUT2D eigenvalue weighted by molar-refractivity contribution is 6.00. The molecule has 0 saturated heterocycles. The Morgan fingerprint density at radius 2 is 2.18 bits per heavy atom. The monoisotopic (exact) mass is 236 g/mol. The van der Waals surface area contributed by atoms with Gasteiger partial charge in [0.2, 0.25) is 0 Å². The summed E-state index contributed by atoms with van der Waals surface area (Å²) in [6, 6.07) is 6.59. The minimum atomic E-state index is -0.343. The second-order valence-electron chi connectivity index (χ2n) is 3.48. The standard InChI is InChI=1S/C12H16N2O3/c1-14(17-8-4-7-13)12(16)11-6-3-2-5-10(11)9-15/h2-3,5-6,9H,4,7-8,13H2,1H3. The molecule has 1 aromatic rings. The number of benzene rings is 1. The Balaban J connectivity index is 2.71. The van der Waals surface area contributed by atoms with E-state index in [0.717, 1.165) is 5.06 Å². The predicted molar refractivity (Wildman–Crippen MR) is 63.5 cm³/mol. The van der Waals surface area contributed by atoms with Crippen LogP contribution in [-0.2, 0) is 4.84 Å². The SMILES string of the molecule is CN(OCCCN)C(=O)c1ccccc1C=O. The van der Waals surface area contributed by atoms with Crippen molar-refractivity contribution < 1.29 is 14.4 Å². The number of carbonyl (C=O) groups excluding carboxylic acids is 2. The molecular weight excluding hydrogens is 220 g/mol. The fourth-order valence-electron chi connectivity index (χ4n) is 1.31. The van der Waals surface area contributed by atoms with E-state index in [0.29, 0.717) is 37.0 Å². The average molecular weight is 236 g/mol. The fourth-order valence-corrected chi connectivity index (χ4v) is 1.31. The van der Waals surface area contributed by atoms with Crippen molar-refractivity contribution in [3.05, 3.63) is 35.4 Å². The number of carbonyl (C=O) groups is 2. The Labute approximate surface area is 100 Å². The molecule has 1 amide bonds. The summed E-state index contributed by atoms with van der Waals surface area (Å²) in [5.74, 6) is -0.343. The zero-order valence-corrected chi connectivity index (χ0v) is 9.76. The molecule has 1 rings (SSSR count). The van der Waals surface area contributed by atoms with E-state index in [9.17, 15) is 9.59 Å². The topological polar surface area (TPSA) is 72.6 Å². The van der Waals surface area contributed by atoms with Gasteiger partial charge in [0.1, 0.15) is 0 Å². The maximum absolute atomic E-state index is 11.9. The smallest absolute Gasteiger partial charge is 0.277 e. The van der Waals surface area contributed by atoms with Crippen molar-refractivity contribution in [2.24, 2.45) is 5.73 Å². The lowest BCUT2D eigenvalue weighted by Gasteiger charge is -2.17. The van der Waals surface area contributed by atoms with Gasteiger partial charge in [-0.15, -0.1) is 0 Å². The van der Waals surface area contributed by atoms with Gasteiger partial charge in [-0.1, -0.05) is 18.2 Å². The van der Waals surface area contributed by atoms with Crippen LogP contribution < -0.4 is 5.73 Å². The third kappa shape index (κ3) is 3.65. The van der Waals surface area contributed by atoms with Crippen LogP contribution in [0.25, 0.3) is 0 Å². The Bertz CT molecular complexity index is 393. The molecule has 0 bridgehead atoms. The van der Waals surface area contributed by atoms with Crippen molar-refractivity contribution in [1.29, 1.82) is 0 Å². The number of nitrogens with two attached hydrogens (primary N) is 1.